The molecule has 17 nitrogen and oxygen atoms in total. The van der Waals surface area contributed by atoms with Crippen molar-refractivity contribution in [1.82, 2.24) is 0 Å². The van der Waals surface area contributed by atoms with E-state index in [0.717, 1.165) is 102 Å². The molecule has 2 unspecified atom stereocenters. The second kappa shape index (κ2) is 66.9. The predicted octanol–water partition coefficient (Wildman–Crippen LogP) is 21.9. The number of carbonyl (C=O) groups is 4. The number of unbranched alkanes of at least 4 members (excludes halogenated alkanes) is 44. The minimum Gasteiger partial charge on any atom is -0.462 e. The van der Waals surface area contributed by atoms with Gasteiger partial charge in [0, 0.05) is 25.7 Å². The second-order valence-electron chi connectivity index (χ2n) is 28.0. The van der Waals surface area contributed by atoms with E-state index in [2.05, 4.69) is 41.5 Å². The first-order valence-electron chi connectivity index (χ1n) is 39.0. The van der Waals surface area contributed by atoms with Gasteiger partial charge in [-0.2, -0.15) is 0 Å². The van der Waals surface area contributed by atoms with Gasteiger partial charge in [0.15, 0.2) is 12.2 Å². The lowest BCUT2D eigenvalue weighted by Crippen LogP contribution is -2.30. The largest absolute Gasteiger partial charge is 0.472 e. The van der Waals surface area contributed by atoms with E-state index in [1.54, 1.807) is 0 Å². The van der Waals surface area contributed by atoms with Crippen LogP contribution in [0, 0.1) is 11.8 Å². The Kier molecular flexibility index (Phi) is 65.5. The van der Waals surface area contributed by atoms with Crippen LogP contribution in [0.25, 0.3) is 0 Å². The molecule has 5 atom stereocenters. The lowest BCUT2D eigenvalue weighted by molar-refractivity contribution is -0.161. The summed E-state index contributed by atoms with van der Waals surface area (Å²) in [5.41, 5.74) is 0. The number of esters is 4. The van der Waals surface area contributed by atoms with Crippen LogP contribution in [0.5, 0.6) is 0 Å². The minimum absolute atomic E-state index is 0.107. The summed E-state index contributed by atoms with van der Waals surface area (Å²) in [7, 11) is -9.91. The van der Waals surface area contributed by atoms with Crippen LogP contribution in [0.15, 0.2) is 0 Å². The first-order chi connectivity index (χ1) is 45.4. The number of hydrogen-bond donors (Lipinski definition) is 3. The van der Waals surface area contributed by atoms with Crippen LogP contribution in [0.2, 0.25) is 0 Å². The average Bonchev–Trinajstić information content (AvgIpc) is 2.70. The summed E-state index contributed by atoms with van der Waals surface area (Å²) >= 11 is 0. The number of ether oxygens (including phenoxy) is 4. The zero-order chi connectivity index (χ0) is 69.3. The van der Waals surface area contributed by atoms with Gasteiger partial charge in [-0.05, 0) is 37.5 Å². The van der Waals surface area contributed by atoms with Gasteiger partial charge in [-0.15, -0.1) is 0 Å². The molecule has 558 valence electrons. The Morgan fingerprint density at radius 1 is 0.287 bits per heavy atom. The first-order valence-corrected chi connectivity index (χ1v) is 42.0. The number of phosphoric ester groups is 2. The topological polar surface area (TPSA) is 237 Å². The van der Waals surface area contributed by atoms with E-state index in [1.807, 2.05) is 0 Å². The van der Waals surface area contributed by atoms with Crippen LogP contribution < -0.4 is 0 Å². The summed E-state index contributed by atoms with van der Waals surface area (Å²) in [4.78, 5) is 72.7. The molecule has 0 aromatic rings. The maximum Gasteiger partial charge on any atom is 0.472 e. The number of phosphoric acid groups is 2. The van der Waals surface area contributed by atoms with E-state index in [4.69, 9.17) is 37.0 Å². The van der Waals surface area contributed by atoms with E-state index in [9.17, 15) is 43.2 Å². The van der Waals surface area contributed by atoms with Crippen molar-refractivity contribution in [3.63, 3.8) is 0 Å². The lowest BCUT2D eigenvalue weighted by atomic mass is 10.0. The van der Waals surface area contributed by atoms with Crippen LogP contribution >= 0.6 is 15.6 Å². The average molecular weight is 1380 g/mol. The van der Waals surface area contributed by atoms with Crippen LogP contribution in [-0.2, 0) is 65.4 Å². The molecular weight excluding hydrogens is 1230 g/mol. The molecule has 0 spiro atoms. The molecule has 0 heterocycles. The van der Waals surface area contributed by atoms with Crippen LogP contribution in [0.3, 0.4) is 0 Å². The van der Waals surface area contributed by atoms with Gasteiger partial charge in [-0.1, -0.05) is 337 Å². The fourth-order valence-electron chi connectivity index (χ4n) is 11.5. The molecule has 0 saturated carbocycles. The zero-order valence-corrected chi connectivity index (χ0v) is 63.1. The van der Waals surface area contributed by atoms with E-state index < -0.39 is 97.5 Å². The zero-order valence-electron chi connectivity index (χ0n) is 61.3. The van der Waals surface area contributed by atoms with Crippen molar-refractivity contribution < 1.29 is 80.2 Å². The van der Waals surface area contributed by atoms with Crippen molar-refractivity contribution in [1.29, 1.82) is 0 Å². The predicted molar refractivity (Wildman–Crippen MR) is 381 cm³/mol. The molecule has 0 bridgehead atoms. The van der Waals surface area contributed by atoms with Crippen molar-refractivity contribution in [3.8, 4) is 0 Å². The van der Waals surface area contributed by atoms with Gasteiger partial charge < -0.3 is 33.8 Å². The molecule has 0 aromatic carbocycles. The molecule has 0 saturated heterocycles. The summed E-state index contributed by atoms with van der Waals surface area (Å²) in [6.45, 7) is 9.56. The van der Waals surface area contributed by atoms with Gasteiger partial charge in [0.1, 0.15) is 19.3 Å². The molecule has 0 radical (unpaired) electrons. The van der Waals surface area contributed by atoms with E-state index >= 15 is 0 Å². The van der Waals surface area contributed by atoms with E-state index in [1.165, 1.54) is 199 Å². The first kappa shape index (κ1) is 92.1. The lowest BCUT2D eigenvalue weighted by Gasteiger charge is -2.21. The van der Waals surface area contributed by atoms with Gasteiger partial charge in [0.05, 0.1) is 26.4 Å². The monoisotopic (exact) mass is 1380 g/mol. The molecule has 19 heteroatoms. The van der Waals surface area contributed by atoms with Crippen molar-refractivity contribution in [2.75, 3.05) is 39.6 Å². The highest BCUT2D eigenvalue weighted by atomic mass is 31.2. The van der Waals surface area contributed by atoms with E-state index in [0.29, 0.717) is 31.6 Å². The van der Waals surface area contributed by atoms with E-state index in [-0.39, 0.29) is 25.7 Å². The maximum atomic E-state index is 13.1. The molecule has 0 aliphatic carbocycles. The second-order valence-corrected chi connectivity index (χ2v) is 30.9. The van der Waals surface area contributed by atoms with Crippen LogP contribution in [-0.4, -0.2) is 96.7 Å². The Balaban J connectivity index is 5.24. The van der Waals surface area contributed by atoms with Crippen molar-refractivity contribution in [2.24, 2.45) is 11.8 Å². The number of aliphatic hydroxyl groups is 1. The molecular formula is C75H146O17P2. The highest BCUT2D eigenvalue weighted by Gasteiger charge is 2.30. The Bertz CT molecular complexity index is 1820. The Morgan fingerprint density at radius 2 is 0.489 bits per heavy atom. The molecule has 0 fully saturated rings. The molecule has 94 heavy (non-hydrogen) atoms. The fraction of sp³-hybridized carbons (Fsp3) is 0.947. The van der Waals surface area contributed by atoms with Crippen molar-refractivity contribution in [3.05, 3.63) is 0 Å². The number of aliphatic hydroxyl groups excluding tert-OH is 1. The molecule has 0 rings (SSSR count). The number of rotatable bonds is 74. The third kappa shape index (κ3) is 68.6. The van der Waals surface area contributed by atoms with Crippen LogP contribution in [0.4, 0.5) is 0 Å². The summed E-state index contributed by atoms with van der Waals surface area (Å²) in [5.74, 6) is -0.608. The van der Waals surface area contributed by atoms with Gasteiger partial charge in [0.25, 0.3) is 0 Å². The molecule has 0 aromatic heterocycles. The Hall–Kier alpha value is -1.94. The molecule has 0 aliphatic heterocycles. The SMILES string of the molecule is CCCCCCCCCCCCCCCCC(=O)OC[C@H](COP(=O)(O)OC[C@@H](O)COP(=O)(O)OC[C@@H](COC(=O)CCCCCCCCCC(C)C)OC(=O)CCCCCCCCCCCCCC)OC(=O)CCCCCCCCCCCCCCCCCC(C)C. The van der Waals surface area contributed by atoms with Gasteiger partial charge in [-0.3, -0.25) is 37.3 Å². The summed E-state index contributed by atoms with van der Waals surface area (Å²) in [6.07, 6.45) is 54.1. The molecule has 3 N–H and O–H groups in total. The van der Waals surface area contributed by atoms with Gasteiger partial charge in [0.2, 0.25) is 0 Å². The highest BCUT2D eigenvalue weighted by Crippen LogP contribution is 2.45. The fourth-order valence-corrected chi connectivity index (χ4v) is 13.1. The third-order valence-electron chi connectivity index (χ3n) is 17.5. The van der Waals surface area contributed by atoms with Crippen LogP contribution in [0.1, 0.15) is 388 Å². The summed E-state index contributed by atoms with van der Waals surface area (Å²) in [5, 5.41) is 10.6. The molecule has 0 amide bonds. The summed E-state index contributed by atoms with van der Waals surface area (Å²) in [6, 6.07) is 0. The molecule has 0 aliphatic rings. The smallest absolute Gasteiger partial charge is 0.462 e. The van der Waals surface area contributed by atoms with Crippen molar-refractivity contribution >= 4 is 39.5 Å². The number of hydrogen-bond acceptors (Lipinski definition) is 15. The highest BCUT2D eigenvalue weighted by molar-refractivity contribution is 7.47. The Labute approximate surface area is 575 Å². The summed E-state index contributed by atoms with van der Waals surface area (Å²) < 4.78 is 68.5. The third-order valence-corrected chi connectivity index (χ3v) is 19.4. The van der Waals surface area contributed by atoms with Crippen molar-refractivity contribution in [2.45, 2.75) is 407 Å². The normalized spacial score (nSPS) is 14.0. The quantitative estimate of drug-likeness (QED) is 0.0222. The minimum atomic E-state index is -4.96. The Morgan fingerprint density at radius 3 is 0.723 bits per heavy atom. The van der Waals surface area contributed by atoms with Gasteiger partial charge in [-0.25, -0.2) is 9.13 Å². The maximum absolute atomic E-state index is 13.1. The van der Waals surface area contributed by atoms with Gasteiger partial charge >= 0.3 is 39.5 Å². The standard InChI is InChI=1S/C75H146O17P2/c1-7-9-11-13-15-17-19-21-26-30-33-39-45-51-57-72(77)85-63-70(91-75(80)60-54-48-41-35-31-27-24-22-23-25-28-32-37-43-49-55-67(3)4)65-89-93(81,82)87-61-69(76)62-88-94(83,84)90-66-71(64-86-73(78)58-52-46-42-36-38-44-50-56-68(5)6)92-74(79)59-53-47-40-34-29-20-18-16-14-12-10-8-2/h67-71,76H,7-66H2,1-6H3,(H,81,82)(H,83,84)/t69-,70-,71-/m1/s1. The number of carbonyl (C=O) groups excluding carboxylic acids is 4.